The van der Waals surface area contributed by atoms with Crippen LogP contribution in [-0.2, 0) is 7.05 Å². The zero-order valence-corrected chi connectivity index (χ0v) is 10.4. The molecule has 0 radical (unpaired) electrons. The molecule has 0 aliphatic heterocycles. The molecule has 3 nitrogen and oxygen atoms in total. The van der Waals surface area contributed by atoms with E-state index in [9.17, 15) is 0 Å². The molecular weight excluding hydrogens is 222 g/mol. The Kier molecular flexibility index (Phi) is 1.69. The van der Waals surface area contributed by atoms with Gasteiger partial charge in [-0.1, -0.05) is 18.2 Å². The van der Waals surface area contributed by atoms with Gasteiger partial charge in [-0.3, -0.25) is 4.40 Å². The number of imidazole rings is 2. The molecule has 0 N–H and O–H groups in total. The second kappa shape index (κ2) is 3.13. The van der Waals surface area contributed by atoms with Crippen LogP contribution in [0.5, 0.6) is 0 Å². The summed E-state index contributed by atoms with van der Waals surface area (Å²) in [6.07, 6.45) is 0. The van der Waals surface area contributed by atoms with Crippen LogP contribution in [0.25, 0.3) is 27.8 Å². The largest absolute Gasteiger partial charge is 0.313 e. The van der Waals surface area contributed by atoms with Crippen LogP contribution in [-0.4, -0.2) is 14.0 Å². The quantitative estimate of drug-likeness (QED) is 0.458. The number of nitrogens with zero attached hydrogens (tertiary/aromatic N) is 3. The van der Waals surface area contributed by atoms with Gasteiger partial charge < -0.3 is 4.57 Å². The zero-order chi connectivity index (χ0) is 12.3. The van der Waals surface area contributed by atoms with Crippen molar-refractivity contribution in [1.82, 2.24) is 14.0 Å². The molecule has 0 spiro atoms. The second-order valence-corrected chi connectivity index (χ2v) is 4.79. The first-order valence-corrected chi connectivity index (χ1v) is 6.08. The third-order valence-electron chi connectivity index (χ3n) is 3.58. The molecule has 0 unspecified atom stereocenters. The molecule has 4 rings (SSSR count). The molecule has 0 saturated heterocycles. The molecule has 4 aromatic rings. The Morgan fingerprint density at radius 3 is 2.56 bits per heavy atom. The average Bonchev–Trinajstić information content (AvgIpc) is 2.87. The number of hydrogen-bond donors (Lipinski definition) is 0. The van der Waals surface area contributed by atoms with E-state index in [1.54, 1.807) is 0 Å². The molecule has 0 fully saturated rings. The highest BCUT2D eigenvalue weighted by Gasteiger charge is 2.12. The van der Waals surface area contributed by atoms with Gasteiger partial charge in [0, 0.05) is 7.05 Å². The van der Waals surface area contributed by atoms with E-state index in [1.165, 1.54) is 22.1 Å². The minimum absolute atomic E-state index is 0.997. The molecule has 3 heteroatoms. The maximum atomic E-state index is 4.74. The van der Waals surface area contributed by atoms with Gasteiger partial charge in [-0.05, 0) is 36.8 Å². The molecule has 0 saturated carbocycles. The molecule has 88 valence electrons. The highest BCUT2D eigenvalue weighted by Crippen LogP contribution is 2.25. The van der Waals surface area contributed by atoms with E-state index < -0.39 is 0 Å². The Hall–Kier alpha value is -2.29. The van der Waals surface area contributed by atoms with Crippen LogP contribution in [0, 0.1) is 6.92 Å². The number of para-hydroxylation sites is 2. The van der Waals surface area contributed by atoms with Gasteiger partial charge >= 0.3 is 0 Å². The smallest absolute Gasteiger partial charge is 0.215 e. The molecule has 18 heavy (non-hydrogen) atoms. The normalized spacial score (nSPS) is 11.9. The third-order valence-corrected chi connectivity index (χ3v) is 3.58. The Bertz CT molecular complexity index is 896. The topological polar surface area (TPSA) is 22.2 Å². The summed E-state index contributed by atoms with van der Waals surface area (Å²) in [4.78, 5) is 4.74. The van der Waals surface area contributed by atoms with Crippen molar-refractivity contribution in [2.45, 2.75) is 6.92 Å². The maximum absolute atomic E-state index is 4.74. The Labute approximate surface area is 104 Å². The van der Waals surface area contributed by atoms with Crippen LogP contribution in [0.1, 0.15) is 5.56 Å². The van der Waals surface area contributed by atoms with E-state index in [0.717, 1.165) is 11.3 Å². The molecule has 0 amide bonds. The Balaban J connectivity index is 2.35. The lowest BCUT2D eigenvalue weighted by molar-refractivity contribution is 0.973. The minimum atomic E-state index is 0.997. The zero-order valence-electron chi connectivity index (χ0n) is 10.4. The molecule has 2 heterocycles. The van der Waals surface area contributed by atoms with Crippen molar-refractivity contribution in [1.29, 1.82) is 0 Å². The highest BCUT2D eigenvalue weighted by atomic mass is 15.2. The summed E-state index contributed by atoms with van der Waals surface area (Å²) in [6, 6.07) is 14.8. The fourth-order valence-corrected chi connectivity index (χ4v) is 2.68. The SMILES string of the molecule is Cc1ccc2c(c1)nc1n(C)c3ccccc3n21. The van der Waals surface area contributed by atoms with Crippen LogP contribution in [0.2, 0.25) is 0 Å². The summed E-state index contributed by atoms with van der Waals surface area (Å²) in [5, 5.41) is 0. The first-order valence-electron chi connectivity index (χ1n) is 6.08. The van der Waals surface area contributed by atoms with Crippen LogP contribution >= 0.6 is 0 Å². The number of aromatic nitrogens is 3. The summed E-state index contributed by atoms with van der Waals surface area (Å²) < 4.78 is 4.37. The van der Waals surface area contributed by atoms with Crippen LogP contribution in [0.4, 0.5) is 0 Å². The van der Waals surface area contributed by atoms with Crippen molar-refractivity contribution < 1.29 is 0 Å². The average molecular weight is 235 g/mol. The van der Waals surface area contributed by atoms with Crippen molar-refractivity contribution in [2.24, 2.45) is 7.05 Å². The van der Waals surface area contributed by atoms with Crippen molar-refractivity contribution in [2.75, 3.05) is 0 Å². The van der Waals surface area contributed by atoms with E-state index in [-0.39, 0.29) is 0 Å². The van der Waals surface area contributed by atoms with Crippen molar-refractivity contribution in [3.05, 3.63) is 48.0 Å². The Morgan fingerprint density at radius 1 is 0.944 bits per heavy atom. The van der Waals surface area contributed by atoms with E-state index in [1.807, 2.05) is 0 Å². The summed E-state index contributed by atoms with van der Waals surface area (Å²) in [5.74, 6) is 0.997. The minimum Gasteiger partial charge on any atom is -0.313 e. The summed E-state index contributed by atoms with van der Waals surface area (Å²) in [7, 11) is 2.07. The number of aryl methyl sites for hydroxylation is 2. The highest BCUT2D eigenvalue weighted by molar-refractivity contribution is 5.90. The van der Waals surface area contributed by atoms with Gasteiger partial charge in [0.1, 0.15) is 0 Å². The number of benzene rings is 2. The third kappa shape index (κ3) is 1.06. The van der Waals surface area contributed by atoms with E-state index in [2.05, 4.69) is 65.4 Å². The summed E-state index contributed by atoms with van der Waals surface area (Å²) in [5.41, 5.74) is 5.90. The molecule has 0 aliphatic carbocycles. The second-order valence-electron chi connectivity index (χ2n) is 4.79. The molecule has 2 aromatic heterocycles. The van der Waals surface area contributed by atoms with Gasteiger partial charge in [0.25, 0.3) is 0 Å². The lowest BCUT2D eigenvalue weighted by Gasteiger charge is -1.95. The number of hydrogen-bond acceptors (Lipinski definition) is 1. The standard InChI is InChI=1S/C15H13N3/c1-10-7-8-12-11(9-10)16-15-17(2)13-5-3-4-6-14(13)18(12)15/h3-9H,1-2H3. The molecule has 0 atom stereocenters. The van der Waals surface area contributed by atoms with E-state index >= 15 is 0 Å². The van der Waals surface area contributed by atoms with Crippen molar-refractivity contribution >= 4 is 27.8 Å². The maximum Gasteiger partial charge on any atom is 0.215 e. The molecule has 0 aliphatic rings. The van der Waals surface area contributed by atoms with E-state index in [4.69, 9.17) is 4.98 Å². The summed E-state index contributed by atoms with van der Waals surface area (Å²) in [6.45, 7) is 2.10. The van der Waals surface area contributed by atoms with Crippen LogP contribution in [0.15, 0.2) is 42.5 Å². The lowest BCUT2D eigenvalue weighted by atomic mass is 10.2. The van der Waals surface area contributed by atoms with Crippen molar-refractivity contribution in [3.63, 3.8) is 0 Å². The number of fused-ring (bicyclic) bond motifs is 5. The monoisotopic (exact) mass is 235 g/mol. The molecular formula is C15H13N3. The van der Waals surface area contributed by atoms with Gasteiger partial charge in [-0.2, -0.15) is 0 Å². The lowest BCUT2D eigenvalue weighted by Crippen LogP contribution is -1.87. The van der Waals surface area contributed by atoms with Gasteiger partial charge in [0.05, 0.1) is 22.1 Å². The van der Waals surface area contributed by atoms with Gasteiger partial charge in [0.2, 0.25) is 5.78 Å². The number of rotatable bonds is 0. The predicted octanol–water partition coefficient (Wildman–Crippen LogP) is 3.29. The van der Waals surface area contributed by atoms with Gasteiger partial charge in [-0.25, -0.2) is 4.98 Å². The van der Waals surface area contributed by atoms with Crippen LogP contribution in [0.3, 0.4) is 0 Å². The predicted molar refractivity (Wildman–Crippen MR) is 73.9 cm³/mol. The van der Waals surface area contributed by atoms with E-state index in [0.29, 0.717) is 0 Å². The fourth-order valence-electron chi connectivity index (χ4n) is 2.68. The van der Waals surface area contributed by atoms with Crippen molar-refractivity contribution in [3.8, 4) is 0 Å². The van der Waals surface area contributed by atoms with Gasteiger partial charge in [0.15, 0.2) is 0 Å². The van der Waals surface area contributed by atoms with Crippen LogP contribution < -0.4 is 0 Å². The Morgan fingerprint density at radius 2 is 1.72 bits per heavy atom. The first kappa shape index (κ1) is 9.71. The first-order chi connectivity index (χ1) is 8.75. The summed E-state index contributed by atoms with van der Waals surface area (Å²) >= 11 is 0. The van der Waals surface area contributed by atoms with Gasteiger partial charge in [-0.15, -0.1) is 0 Å². The molecule has 0 bridgehead atoms. The molecule has 2 aromatic carbocycles. The fraction of sp³-hybridized carbons (Fsp3) is 0.133.